The van der Waals surface area contributed by atoms with Crippen LogP contribution in [0.15, 0.2) is 48.5 Å². The first kappa shape index (κ1) is 20.1. The number of carbonyl (C=O) groups excluding carboxylic acids is 1. The predicted molar refractivity (Wildman–Crippen MR) is 106 cm³/mol. The summed E-state index contributed by atoms with van der Waals surface area (Å²) in [6.07, 6.45) is 1.27. The molecule has 0 N–H and O–H groups in total. The van der Waals surface area contributed by atoms with E-state index in [1.807, 2.05) is 41.3 Å². The van der Waals surface area contributed by atoms with Gasteiger partial charge in [0.25, 0.3) is 0 Å². The second kappa shape index (κ2) is 10.1. The summed E-state index contributed by atoms with van der Waals surface area (Å²) in [4.78, 5) is 16.8. The van der Waals surface area contributed by atoms with Gasteiger partial charge < -0.3 is 14.4 Å². The van der Waals surface area contributed by atoms with E-state index in [4.69, 9.17) is 9.47 Å². The van der Waals surface area contributed by atoms with Crippen LogP contribution in [0.2, 0.25) is 0 Å². The van der Waals surface area contributed by atoms with E-state index in [2.05, 4.69) is 4.90 Å². The first-order valence-electron chi connectivity index (χ1n) is 9.66. The normalized spacial score (nSPS) is 15.1. The molecule has 0 saturated carbocycles. The third kappa shape index (κ3) is 5.70. The molecule has 1 saturated heterocycles. The Bertz CT molecular complexity index is 767. The number of hydrogen-bond donors (Lipinski definition) is 0. The van der Waals surface area contributed by atoms with Crippen molar-refractivity contribution in [1.82, 2.24) is 9.80 Å². The van der Waals surface area contributed by atoms with Crippen LogP contribution in [0.4, 0.5) is 4.39 Å². The maximum absolute atomic E-state index is 13.0. The highest BCUT2D eigenvalue weighted by molar-refractivity contribution is 5.76. The molecule has 0 aromatic heterocycles. The van der Waals surface area contributed by atoms with Gasteiger partial charge in [0.1, 0.15) is 5.82 Å². The van der Waals surface area contributed by atoms with Crippen LogP contribution in [0.25, 0.3) is 0 Å². The van der Waals surface area contributed by atoms with Crippen molar-refractivity contribution < 1.29 is 18.7 Å². The van der Waals surface area contributed by atoms with Gasteiger partial charge in [0.05, 0.1) is 20.1 Å². The second-order valence-electron chi connectivity index (χ2n) is 6.89. The smallest absolute Gasteiger partial charge is 0.226 e. The van der Waals surface area contributed by atoms with Gasteiger partial charge in [0.2, 0.25) is 5.91 Å². The minimum Gasteiger partial charge on any atom is -0.493 e. The van der Waals surface area contributed by atoms with Gasteiger partial charge in [-0.3, -0.25) is 9.69 Å². The molecule has 2 aromatic rings. The van der Waals surface area contributed by atoms with Crippen molar-refractivity contribution in [3.63, 3.8) is 0 Å². The van der Waals surface area contributed by atoms with Crippen LogP contribution >= 0.6 is 0 Å². The Balaban J connectivity index is 1.44. The maximum Gasteiger partial charge on any atom is 0.226 e. The minimum absolute atomic E-state index is 0.110. The number of ether oxygens (including phenoxy) is 2. The van der Waals surface area contributed by atoms with Crippen LogP contribution in [0.1, 0.15) is 18.4 Å². The molecule has 28 heavy (non-hydrogen) atoms. The van der Waals surface area contributed by atoms with Crippen LogP contribution in [0.5, 0.6) is 11.5 Å². The number of para-hydroxylation sites is 2. The quantitative estimate of drug-likeness (QED) is 0.732. The second-order valence-corrected chi connectivity index (χ2v) is 6.89. The lowest BCUT2D eigenvalue weighted by Gasteiger charge is -2.22. The highest BCUT2D eigenvalue weighted by Crippen LogP contribution is 2.25. The Morgan fingerprint density at radius 3 is 2.50 bits per heavy atom. The highest BCUT2D eigenvalue weighted by Gasteiger charge is 2.19. The zero-order chi connectivity index (χ0) is 19.8. The fraction of sp³-hybridized carbons (Fsp3) is 0.409. The number of amides is 1. The largest absolute Gasteiger partial charge is 0.493 e. The fourth-order valence-corrected chi connectivity index (χ4v) is 3.37. The van der Waals surface area contributed by atoms with Crippen LogP contribution in [-0.4, -0.2) is 55.6 Å². The van der Waals surface area contributed by atoms with Gasteiger partial charge in [-0.25, -0.2) is 4.39 Å². The molecule has 1 amide bonds. The molecule has 0 unspecified atom stereocenters. The standard InChI is InChI=1S/C22H27FN2O3/c1-27-20-5-2-3-6-21(20)28-16-11-22(26)25-13-4-12-24(14-15-25)17-18-7-9-19(23)10-8-18/h2-3,5-10H,4,11-17H2,1H3. The molecule has 3 rings (SSSR count). The molecule has 1 fully saturated rings. The van der Waals surface area contributed by atoms with E-state index in [1.165, 1.54) is 12.1 Å². The summed E-state index contributed by atoms with van der Waals surface area (Å²) in [6.45, 7) is 4.31. The lowest BCUT2D eigenvalue weighted by molar-refractivity contribution is -0.131. The van der Waals surface area contributed by atoms with Crippen LogP contribution in [-0.2, 0) is 11.3 Å². The van der Waals surface area contributed by atoms with Gasteiger partial charge in [-0.05, 0) is 36.2 Å². The number of carbonyl (C=O) groups is 1. The Labute approximate surface area is 165 Å². The summed E-state index contributed by atoms with van der Waals surface area (Å²) in [5.74, 6) is 1.21. The number of methoxy groups -OCH3 is 1. The first-order valence-corrected chi connectivity index (χ1v) is 9.66. The van der Waals surface area contributed by atoms with Crippen LogP contribution in [0.3, 0.4) is 0 Å². The van der Waals surface area contributed by atoms with Crippen molar-refractivity contribution >= 4 is 5.91 Å². The summed E-state index contributed by atoms with van der Waals surface area (Å²) in [7, 11) is 1.60. The van der Waals surface area contributed by atoms with Crippen LogP contribution in [0, 0.1) is 5.82 Å². The van der Waals surface area contributed by atoms with Gasteiger partial charge in [0, 0.05) is 32.7 Å². The van der Waals surface area contributed by atoms with Crippen LogP contribution < -0.4 is 9.47 Å². The van der Waals surface area contributed by atoms with E-state index in [0.717, 1.165) is 38.2 Å². The van der Waals surface area contributed by atoms with Crippen molar-refractivity contribution in [3.05, 3.63) is 59.9 Å². The zero-order valence-electron chi connectivity index (χ0n) is 16.3. The topological polar surface area (TPSA) is 42.0 Å². The van der Waals surface area contributed by atoms with Crippen molar-refractivity contribution in [2.75, 3.05) is 39.9 Å². The molecule has 1 aliphatic rings. The van der Waals surface area contributed by atoms with Crippen molar-refractivity contribution in [1.29, 1.82) is 0 Å². The minimum atomic E-state index is -0.216. The molecule has 0 spiro atoms. The van der Waals surface area contributed by atoms with Gasteiger partial charge in [-0.15, -0.1) is 0 Å². The zero-order valence-corrected chi connectivity index (χ0v) is 16.3. The number of rotatable bonds is 7. The maximum atomic E-state index is 13.0. The molecule has 0 bridgehead atoms. The average Bonchev–Trinajstić information content (AvgIpc) is 2.95. The number of halogens is 1. The molecular formula is C22H27FN2O3. The van der Waals surface area contributed by atoms with Gasteiger partial charge in [-0.2, -0.15) is 0 Å². The van der Waals surface area contributed by atoms with E-state index in [0.29, 0.717) is 31.1 Å². The predicted octanol–water partition coefficient (Wildman–Crippen LogP) is 3.34. The Kier molecular flexibility index (Phi) is 7.25. The lowest BCUT2D eigenvalue weighted by atomic mass is 10.2. The summed E-state index contributed by atoms with van der Waals surface area (Å²) in [6, 6.07) is 14.0. The Hall–Kier alpha value is -2.60. The summed E-state index contributed by atoms with van der Waals surface area (Å²) >= 11 is 0. The monoisotopic (exact) mass is 386 g/mol. The fourth-order valence-electron chi connectivity index (χ4n) is 3.37. The van der Waals surface area contributed by atoms with E-state index in [9.17, 15) is 9.18 Å². The molecule has 0 radical (unpaired) electrons. The molecular weight excluding hydrogens is 359 g/mol. The molecule has 6 heteroatoms. The van der Waals surface area contributed by atoms with E-state index < -0.39 is 0 Å². The highest BCUT2D eigenvalue weighted by atomic mass is 19.1. The number of benzene rings is 2. The lowest BCUT2D eigenvalue weighted by Crippen LogP contribution is -2.35. The molecule has 0 aliphatic carbocycles. The summed E-state index contributed by atoms with van der Waals surface area (Å²) in [5.41, 5.74) is 1.09. The van der Waals surface area contributed by atoms with Crippen molar-refractivity contribution in [2.24, 2.45) is 0 Å². The van der Waals surface area contributed by atoms with Gasteiger partial charge >= 0.3 is 0 Å². The molecule has 5 nitrogen and oxygen atoms in total. The van der Waals surface area contributed by atoms with E-state index >= 15 is 0 Å². The van der Waals surface area contributed by atoms with Crippen molar-refractivity contribution in [3.8, 4) is 11.5 Å². The molecule has 1 aliphatic heterocycles. The number of hydrogen-bond acceptors (Lipinski definition) is 4. The third-order valence-corrected chi connectivity index (χ3v) is 4.90. The SMILES string of the molecule is COc1ccccc1OCCC(=O)N1CCCN(Cc2ccc(F)cc2)CC1. The van der Waals surface area contributed by atoms with E-state index in [-0.39, 0.29) is 11.7 Å². The molecule has 2 aromatic carbocycles. The third-order valence-electron chi connectivity index (χ3n) is 4.90. The molecule has 1 heterocycles. The molecule has 0 atom stereocenters. The first-order chi connectivity index (χ1) is 13.7. The van der Waals surface area contributed by atoms with Crippen molar-refractivity contribution in [2.45, 2.75) is 19.4 Å². The Morgan fingerprint density at radius 2 is 1.75 bits per heavy atom. The Morgan fingerprint density at radius 1 is 1.00 bits per heavy atom. The van der Waals surface area contributed by atoms with Gasteiger partial charge in [-0.1, -0.05) is 24.3 Å². The summed E-state index contributed by atoms with van der Waals surface area (Å²) < 4.78 is 24.0. The average molecular weight is 386 g/mol. The van der Waals surface area contributed by atoms with E-state index in [1.54, 1.807) is 7.11 Å². The summed E-state index contributed by atoms with van der Waals surface area (Å²) in [5, 5.41) is 0. The molecule has 150 valence electrons. The number of nitrogens with zero attached hydrogens (tertiary/aromatic N) is 2. The van der Waals surface area contributed by atoms with Gasteiger partial charge in [0.15, 0.2) is 11.5 Å².